The number of amides is 1. The number of rotatable bonds is 6. The average molecular weight is 508 g/mol. The van der Waals surface area contributed by atoms with Crippen molar-refractivity contribution in [2.75, 3.05) is 44.6 Å². The molecule has 1 N–H and O–H groups in total. The number of fused-ring (bicyclic) bond motifs is 2. The lowest BCUT2D eigenvalue weighted by Crippen LogP contribution is -2.50. The quantitative estimate of drug-likeness (QED) is 0.427. The summed E-state index contributed by atoms with van der Waals surface area (Å²) in [6, 6.07) is 7.74. The van der Waals surface area contributed by atoms with Gasteiger partial charge in [0.15, 0.2) is 5.13 Å². The number of hydrogen-bond acceptors (Lipinski definition) is 8. The maximum Gasteiger partial charge on any atom is 0.401 e. The van der Waals surface area contributed by atoms with Crippen LogP contribution < -0.4 is 5.32 Å². The Morgan fingerprint density at radius 1 is 1.15 bits per heavy atom. The molecule has 1 aliphatic heterocycles. The van der Waals surface area contributed by atoms with Gasteiger partial charge in [0.1, 0.15) is 5.03 Å². The Kier molecular flexibility index (Phi) is 6.42. The first-order chi connectivity index (χ1) is 16.3. The van der Waals surface area contributed by atoms with E-state index in [4.69, 9.17) is 0 Å². The molecule has 4 heterocycles. The summed E-state index contributed by atoms with van der Waals surface area (Å²) >= 11 is 2.94. The van der Waals surface area contributed by atoms with E-state index in [9.17, 15) is 18.0 Å². The van der Waals surface area contributed by atoms with Crippen LogP contribution in [0.5, 0.6) is 0 Å². The Morgan fingerprint density at radius 3 is 2.74 bits per heavy atom. The van der Waals surface area contributed by atoms with Gasteiger partial charge in [0, 0.05) is 43.5 Å². The van der Waals surface area contributed by atoms with E-state index >= 15 is 0 Å². The number of halogens is 3. The molecular formula is C21H20F3N7OS2. The van der Waals surface area contributed by atoms with E-state index in [0.29, 0.717) is 24.0 Å². The van der Waals surface area contributed by atoms with E-state index in [1.807, 2.05) is 39.8 Å². The van der Waals surface area contributed by atoms with Crippen molar-refractivity contribution in [3.05, 3.63) is 42.9 Å². The molecule has 0 bridgehead atoms. The molecule has 5 rings (SSSR count). The van der Waals surface area contributed by atoms with Crippen molar-refractivity contribution < 1.29 is 18.0 Å². The third kappa shape index (κ3) is 5.49. The van der Waals surface area contributed by atoms with Crippen molar-refractivity contribution in [3.63, 3.8) is 0 Å². The standard InChI is InChI=1S/C21H20F3N7OS2/c22-21(23,24)13-30-8-6-29(7-9-30)12-17(32)28-20-27-15-3-2-14(10-16(15)34-20)33-18-11-26-19-25-4-1-5-31(18)19/h1-5,10-11H,6-9,12-13H2,(H,27,28,32). The highest BCUT2D eigenvalue weighted by Gasteiger charge is 2.32. The fraction of sp³-hybridized carbons (Fsp3) is 0.333. The molecule has 1 amide bonds. The number of piperazine rings is 1. The number of nitrogens with zero attached hydrogens (tertiary/aromatic N) is 6. The van der Waals surface area contributed by atoms with Gasteiger partial charge in [0.25, 0.3) is 0 Å². The number of alkyl halides is 3. The van der Waals surface area contributed by atoms with Crippen molar-refractivity contribution in [2.24, 2.45) is 0 Å². The summed E-state index contributed by atoms with van der Waals surface area (Å²) < 4.78 is 40.4. The summed E-state index contributed by atoms with van der Waals surface area (Å²) in [5.74, 6) is 0.409. The Bertz CT molecular complexity index is 1310. The number of thiazole rings is 1. The molecule has 1 fully saturated rings. The van der Waals surface area contributed by atoms with Gasteiger partial charge in [-0.3, -0.25) is 19.0 Å². The van der Waals surface area contributed by atoms with Crippen LogP contribution in [-0.2, 0) is 4.79 Å². The Labute approximate surface area is 200 Å². The summed E-state index contributed by atoms with van der Waals surface area (Å²) in [7, 11) is 0. The maximum atomic E-state index is 12.5. The van der Waals surface area contributed by atoms with Crippen LogP contribution in [0.3, 0.4) is 0 Å². The molecule has 0 atom stereocenters. The highest BCUT2D eigenvalue weighted by Crippen LogP contribution is 2.33. The second kappa shape index (κ2) is 9.49. The van der Waals surface area contributed by atoms with Crippen LogP contribution in [-0.4, -0.2) is 80.5 Å². The van der Waals surface area contributed by atoms with E-state index in [0.717, 1.165) is 20.1 Å². The van der Waals surface area contributed by atoms with Gasteiger partial charge in [0.05, 0.1) is 29.5 Å². The van der Waals surface area contributed by atoms with E-state index in [1.54, 1.807) is 24.2 Å². The molecule has 178 valence electrons. The Morgan fingerprint density at radius 2 is 1.94 bits per heavy atom. The molecule has 8 nitrogen and oxygen atoms in total. The molecular weight excluding hydrogens is 487 g/mol. The molecule has 0 radical (unpaired) electrons. The van der Waals surface area contributed by atoms with Gasteiger partial charge in [-0.2, -0.15) is 13.2 Å². The van der Waals surface area contributed by atoms with Crippen molar-refractivity contribution in [2.45, 2.75) is 16.1 Å². The number of aromatic nitrogens is 4. The van der Waals surface area contributed by atoms with Crippen LogP contribution in [0.1, 0.15) is 0 Å². The number of hydrogen-bond donors (Lipinski definition) is 1. The minimum absolute atomic E-state index is 0.124. The van der Waals surface area contributed by atoms with Crippen molar-refractivity contribution in [1.82, 2.24) is 29.2 Å². The number of benzene rings is 1. The fourth-order valence-corrected chi connectivity index (χ4v) is 5.64. The monoisotopic (exact) mass is 507 g/mol. The molecule has 1 aromatic carbocycles. The molecule has 3 aromatic heterocycles. The van der Waals surface area contributed by atoms with Gasteiger partial charge in [0.2, 0.25) is 11.7 Å². The minimum atomic E-state index is -4.20. The van der Waals surface area contributed by atoms with E-state index in [2.05, 4.69) is 20.3 Å². The predicted molar refractivity (Wildman–Crippen MR) is 124 cm³/mol. The maximum absolute atomic E-state index is 12.5. The van der Waals surface area contributed by atoms with Crippen LogP contribution >= 0.6 is 23.1 Å². The summed E-state index contributed by atoms with van der Waals surface area (Å²) in [6.45, 7) is 0.631. The first-order valence-electron chi connectivity index (χ1n) is 10.5. The molecule has 0 aliphatic carbocycles. The molecule has 34 heavy (non-hydrogen) atoms. The molecule has 0 saturated carbocycles. The zero-order chi connectivity index (χ0) is 23.7. The van der Waals surface area contributed by atoms with Crippen LogP contribution in [0.2, 0.25) is 0 Å². The third-order valence-corrected chi connectivity index (χ3v) is 7.25. The first kappa shape index (κ1) is 23.0. The Hall–Kier alpha value is -2.74. The van der Waals surface area contributed by atoms with Crippen LogP contribution in [0.15, 0.2) is 52.8 Å². The van der Waals surface area contributed by atoms with Crippen LogP contribution in [0, 0.1) is 0 Å². The minimum Gasteiger partial charge on any atom is -0.301 e. The molecule has 0 spiro atoms. The van der Waals surface area contributed by atoms with E-state index in [-0.39, 0.29) is 25.5 Å². The number of anilines is 1. The normalized spacial score (nSPS) is 15.9. The molecule has 13 heteroatoms. The molecule has 1 saturated heterocycles. The lowest BCUT2D eigenvalue weighted by molar-refractivity contribution is -0.149. The van der Waals surface area contributed by atoms with Gasteiger partial charge in [-0.05, 0) is 24.3 Å². The van der Waals surface area contributed by atoms with Gasteiger partial charge in [-0.1, -0.05) is 23.1 Å². The SMILES string of the molecule is O=C(CN1CCN(CC(F)(F)F)CC1)Nc1nc2ccc(Sc3cnc4ncccn34)cc2s1. The van der Waals surface area contributed by atoms with Crippen molar-refractivity contribution >= 4 is 50.1 Å². The topological polar surface area (TPSA) is 78.7 Å². The summed E-state index contributed by atoms with van der Waals surface area (Å²) in [5.41, 5.74) is 0.783. The third-order valence-electron chi connectivity index (χ3n) is 5.32. The van der Waals surface area contributed by atoms with Gasteiger partial charge in [-0.15, -0.1) is 0 Å². The number of carbonyl (C=O) groups excluding carboxylic acids is 1. The number of carbonyl (C=O) groups is 1. The summed E-state index contributed by atoms with van der Waals surface area (Å²) in [4.78, 5) is 29.7. The fourth-order valence-electron chi connectivity index (χ4n) is 3.74. The largest absolute Gasteiger partial charge is 0.401 e. The van der Waals surface area contributed by atoms with Crippen LogP contribution in [0.25, 0.3) is 16.0 Å². The average Bonchev–Trinajstić information content (AvgIpc) is 3.37. The zero-order valence-electron chi connectivity index (χ0n) is 17.8. The highest BCUT2D eigenvalue weighted by atomic mass is 32.2. The van der Waals surface area contributed by atoms with Crippen molar-refractivity contribution in [1.29, 1.82) is 0 Å². The lowest BCUT2D eigenvalue weighted by Gasteiger charge is -2.34. The van der Waals surface area contributed by atoms with E-state index in [1.165, 1.54) is 16.2 Å². The van der Waals surface area contributed by atoms with Gasteiger partial charge < -0.3 is 5.32 Å². The molecule has 4 aromatic rings. The number of nitrogens with one attached hydrogen (secondary N) is 1. The predicted octanol–water partition coefficient (Wildman–Crippen LogP) is 3.61. The summed E-state index contributed by atoms with van der Waals surface area (Å²) in [6.07, 6.45) is 1.18. The van der Waals surface area contributed by atoms with E-state index < -0.39 is 12.7 Å². The van der Waals surface area contributed by atoms with Crippen LogP contribution in [0.4, 0.5) is 18.3 Å². The molecule has 0 unspecified atom stereocenters. The lowest BCUT2D eigenvalue weighted by atomic mass is 10.3. The first-order valence-corrected chi connectivity index (χ1v) is 12.1. The van der Waals surface area contributed by atoms with Crippen molar-refractivity contribution in [3.8, 4) is 0 Å². The Balaban J connectivity index is 1.18. The molecule has 1 aliphatic rings. The number of imidazole rings is 1. The second-order valence-corrected chi connectivity index (χ2v) is 9.98. The second-order valence-electron chi connectivity index (χ2n) is 7.85. The van der Waals surface area contributed by atoms with Gasteiger partial charge >= 0.3 is 6.18 Å². The smallest absolute Gasteiger partial charge is 0.301 e. The summed E-state index contributed by atoms with van der Waals surface area (Å²) in [5, 5.41) is 4.26. The highest BCUT2D eigenvalue weighted by molar-refractivity contribution is 7.99. The zero-order valence-corrected chi connectivity index (χ0v) is 19.5. The van der Waals surface area contributed by atoms with Gasteiger partial charge in [-0.25, -0.2) is 15.0 Å².